The van der Waals surface area contributed by atoms with Gasteiger partial charge in [0.1, 0.15) is 21.0 Å². The Bertz CT molecular complexity index is 506. The fourth-order valence-corrected chi connectivity index (χ4v) is 2.57. The van der Waals surface area contributed by atoms with Crippen LogP contribution in [0, 0.1) is 0 Å². The molecule has 0 amide bonds. The minimum absolute atomic E-state index is 0.131. The van der Waals surface area contributed by atoms with Crippen LogP contribution in [0.1, 0.15) is 20.8 Å². The van der Waals surface area contributed by atoms with E-state index < -0.39 is 5.60 Å². The number of ether oxygens (including phenoxy) is 1. The topological polar surface area (TPSA) is 53.6 Å². The highest BCUT2D eigenvalue weighted by Crippen LogP contribution is 2.30. The highest BCUT2D eigenvalue weighted by molar-refractivity contribution is 14.1. The third kappa shape index (κ3) is 3.56. The van der Waals surface area contributed by atoms with Crippen LogP contribution in [-0.4, -0.2) is 23.1 Å². The van der Waals surface area contributed by atoms with Crippen molar-refractivity contribution in [2.24, 2.45) is 0 Å². The molecular weight excluding hydrogens is 381 g/mol. The number of hydrogen-bond acceptors (Lipinski definition) is 5. The quantitative estimate of drug-likeness (QED) is 0.427. The summed E-state index contributed by atoms with van der Waals surface area (Å²) in [5.41, 5.74) is 4.37. The number of carbonyl (C=O) groups excluding carboxylic acids is 1. The number of hydrazine groups is 1. The minimum Gasteiger partial charge on any atom is -0.459 e. The molecule has 0 saturated carbocycles. The fourth-order valence-electron chi connectivity index (χ4n) is 1.71. The number of hydrogen-bond donors (Lipinski definition) is 2. The second-order valence-corrected chi connectivity index (χ2v) is 6.65. The molecular formula is C12H15ClIN3O2. The summed E-state index contributed by atoms with van der Waals surface area (Å²) < 4.78 is 6.19. The molecule has 0 bridgehead atoms. The number of esters is 1. The molecule has 104 valence electrons. The van der Waals surface area contributed by atoms with Crippen molar-refractivity contribution in [3.8, 4) is 0 Å². The van der Waals surface area contributed by atoms with Crippen LogP contribution < -0.4 is 10.7 Å². The van der Waals surface area contributed by atoms with Crippen molar-refractivity contribution in [1.82, 2.24) is 15.8 Å². The molecule has 0 atom stereocenters. The van der Waals surface area contributed by atoms with E-state index in [4.69, 9.17) is 16.3 Å². The van der Waals surface area contributed by atoms with Gasteiger partial charge >= 0.3 is 5.97 Å². The molecule has 0 spiro atoms. The van der Waals surface area contributed by atoms with Gasteiger partial charge in [-0.05, 0) is 55.5 Å². The Balaban J connectivity index is 2.07. The number of carbonyl (C=O) groups is 1. The molecule has 2 aliphatic heterocycles. The van der Waals surface area contributed by atoms with Gasteiger partial charge in [0.05, 0.1) is 11.4 Å². The Kier molecular flexibility index (Phi) is 4.00. The first-order valence-corrected chi connectivity index (χ1v) is 7.22. The van der Waals surface area contributed by atoms with Gasteiger partial charge in [0.25, 0.3) is 0 Å². The smallest absolute Gasteiger partial charge is 0.328 e. The zero-order chi connectivity index (χ0) is 14.2. The fraction of sp³-hybridized carbons (Fsp3) is 0.417. The van der Waals surface area contributed by atoms with Gasteiger partial charge in [0, 0.05) is 0 Å². The zero-order valence-electron chi connectivity index (χ0n) is 10.9. The Hall–Kier alpha value is -0.890. The molecule has 2 rings (SSSR count). The van der Waals surface area contributed by atoms with Crippen molar-refractivity contribution in [1.29, 1.82) is 0 Å². The normalized spacial score (nSPS) is 18.3. The van der Waals surface area contributed by atoms with Gasteiger partial charge in [-0.15, -0.1) is 0 Å². The summed E-state index contributed by atoms with van der Waals surface area (Å²) in [6.45, 7) is 5.67. The molecule has 0 aliphatic carbocycles. The van der Waals surface area contributed by atoms with Crippen molar-refractivity contribution in [3.63, 3.8) is 0 Å². The summed E-state index contributed by atoms with van der Waals surface area (Å²) in [7, 11) is 0. The maximum absolute atomic E-state index is 11.8. The van der Waals surface area contributed by atoms with E-state index in [1.165, 1.54) is 0 Å². The van der Waals surface area contributed by atoms with Crippen LogP contribution in [0.2, 0.25) is 0 Å². The number of allylic oxidation sites excluding steroid dienone is 2. The van der Waals surface area contributed by atoms with E-state index >= 15 is 0 Å². The maximum Gasteiger partial charge on any atom is 0.328 e. The lowest BCUT2D eigenvalue weighted by molar-refractivity contribution is -0.156. The van der Waals surface area contributed by atoms with Gasteiger partial charge in [-0.2, -0.15) is 0 Å². The number of halogens is 2. The second kappa shape index (κ2) is 5.24. The SMILES string of the molecule is CC(C)(C)OC(=O)CN1NC(I)=C2NC(Cl)=CC=C21. The molecule has 0 fully saturated rings. The summed E-state index contributed by atoms with van der Waals surface area (Å²) >= 11 is 8.07. The van der Waals surface area contributed by atoms with Crippen LogP contribution in [0.25, 0.3) is 0 Å². The van der Waals surface area contributed by atoms with E-state index in [2.05, 4.69) is 33.3 Å². The van der Waals surface area contributed by atoms with Gasteiger partial charge in [-0.25, -0.2) is 0 Å². The number of nitrogens with one attached hydrogen (secondary N) is 2. The van der Waals surface area contributed by atoms with Crippen LogP contribution in [0.5, 0.6) is 0 Å². The number of nitrogens with zero attached hydrogens (tertiary/aromatic N) is 1. The van der Waals surface area contributed by atoms with Crippen LogP contribution >= 0.6 is 34.2 Å². The van der Waals surface area contributed by atoms with Crippen molar-refractivity contribution in [2.45, 2.75) is 26.4 Å². The van der Waals surface area contributed by atoms with Gasteiger partial charge in [-0.3, -0.25) is 15.2 Å². The predicted octanol–water partition coefficient (Wildman–Crippen LogP) is 2.32. The third-order valence-corrected chi connectivity index (χ3v) is 3.34. The lowest BCUT2D eigenvalue weighted by Gasteiger charge is -2.25. The minimum atomic E-state index is -0.484. The standard InChI is InChI=1S/C12H15ClIN3O2/c1-12(2,3)19-9(18)6-17-7-4-5-8(13)15-10(7)11(14)16-17/h4-5,15-16H,6H2,1-3H3. The van der Waals surface area contributed by atoms with E-state index in [0.717, 1.165) is 15.1 Å². The molecule has 0 aromatic rings. The number of dihydropyridines is 1. The largest absolute Gasteiger partial charge is 0.459 e. The molecule has 2 heterocycles. The van der Waals surface area contributed by atoms with Gasteiger partial charge in [0.2, 0.25) is 0 Å². The first-order chi connectivity index (χ1) is 8.76. The van der Waals surface area contributed by atoms with Gasteiger partial charge < -0.3 is 10.1 Å². The van der Waals surface area contributed by atoms with E-state index in [-0.39, 0.29) is 12.5 Å². The Labute approximate surface area is 130 Å². The van der Waals surface area contributed by atoms with Crippen molar-refractivity contribution >= 4 is 40.2 Å². The molecule has 2 N–H and O–H groups in total. The average Bonchev–Trinajstić information content (AvgIpc) is 2.52. The van der Waals surface area contributed by atoms with Crippen LogP contribution in [0.4, 0.5) is 0 Å². The highest BCUT2D eigenvalue weighted by Gasteiger charge is 2.30. The number of fused-ring (bicyclic) bond motifs is 1. The number of rotatable bonds is 2. The van der Waals surface area contributed by atoms with Crippen molar-refractivity contribution < 1.29 is 9.53 Å². The van der Waals surface area contributed by atoms with Crippen LogP contribution in [0.15, 0.2) is 32.4 Å². The first kappa shape index (κ1) is 14.5. The molecule has 0 aromatic carbocycles. The van der Waals surface area contributed by atoms with Crippen molar-refractivity contribution in [3.05, 3.63) is 32.4 Å². The predicted molar refractivity (Wildman–Crippen MR) is 81.9 cm³/mol. The summed E-state index contributed by atoms with van der Waals surface area (Å²) in [4.78, 5) is 11.8. The third-order valence-electron chi connectivity index (χ3n) is 2.34. The van der Waals surface area contributed by atoms with E-state index in [1.54, 1.807) is 11.1 Å². The molecule has 0 aromatic heterocycles. The van der Waals surface area contributed by atoms with E-state index in [9.17, 15) is 4.79 Å². The Morgan fingerprint density at radius 3 is 2.79 bits per heavy atom. The van der Waals surface area contributed by atoms with Crippen molar-refractivity contribution in [2.75, 3.05) is 6.54 Å². The highest BCUT2D eigenvalue weighted by atomic mass is 127. The van der Waals surface area contributed by atoms with E-state index in [1.807, 2.05) is 26.8 Å². The summed E-state index contributed by atoms with van der Waals surface area (Å²) in [5, 5.41) is 5.34. The molecule has 0 radical (unpaired) electrons. The summed E-state index contributed by atoms with van der Waals surface area (Å²) in [5.74, 6) is -0.285. The average molecular weight is 396 g/mol. The molecule has 5 nitrogen and oxygen atoms in total. The molecule has 0 unspecified atom stereocenters. The second-order valence-electron chi connectivity index (χ2n) is 5.16. The molecule has 19 heavy (non-hydrogen) atoms. The zero-order valence-corrected chi connectivity index (χ0v) is 13.8. The van der Waals surface area contributed by atoms with E-state index in [0.29, 0.717) is 5.16 Å². The van der Waals surface area contributed by atoms with Gasteiger partial charge in [0.15, 0.2) is 0 Å². The van der Waals surface area contributed by atoms with Gasteiger partial charge in [-0.1, -0.05) is 11.6 Å². The molecule has 7 heteroatoms. The molecule has 0 saturated heterocycles. The Morgan fingerprint density at radius 2 is 2.16 bits per heavy atom. The van der Waals surface area contributed by atoms with Crippen LogP contribution in [0.3, 0.4) is 0 Å². The monoisotopic (exact) mass is 395 g/mol. The summed E-state index contributed by atoms with van der Waals surface area (Å²) in [6.07, 6.45) is 3.61. The van der Waals surface area contributed by atoms with Crippen LogP contribution in [-0.2, 0) is 9.53 Å². The maximum atomic E-state index is 11.8. The Morgan fingerprint density at radius 1 is 1.47 bits per heavy atom. The molecule has 2 aliphatic rings. The first-order valence-electron chi connectivity index (χ1n) is 5.77. The lowest BCUT2D eigenvalue weighted by atomic mass is 10.2. The summed E-state index contributed by atoms with van der Waals surface area (Å²) in [6, 6.07) is 0. The lowest BCUT2D eigenvalue weighted by Crippen LogP contribution is -2.38.